The van der Waals surface area contributed by atoms with E-state index in [0.717, 1.165) is 0 Å². The van der Waals surface area contributed by atoms with E-state index in [1.807, 2.05) is 0 Å². The second kappa shape index (κ2) is 5.62. The van der Waals surface area contributed by atoms with Crippen molar-refractivity contribution in [2.75, 3.05) is 13.2 Å². The minimum absolute atomic E-state index is 0.0436. The predicted molar refractivity (Wildman–Crippen MR) is 41.1 cm³/mol. The molecule has 0 bridgehead atoms. The van der Waals surface area contributed by atoms with Crippen LogP contribution in [-0.4, -0.2) is 28.0 Å². The van der Waals surface area contributed by atoms with E-state index < -0.39 is 11.4 Å². The van der Waals surface area contributed by atoms with Crippen molar-refractivity contribution in [3.63, 3.8) is 0 Å². The second-order valence-corrected chi connectivity index (χ2v) is 3.01. The second-order valence-electron chi connectivity index (χ2n) is 2.37. The lowest BCUT2D eigenvalue weighted by atomic mass is 10.1. The van der Waals surface area contributed by atoms with Crippen molar-refractivity contribution in [3.8, 4) is 0 Å². The Morgan fingerprint density at radius 3 is 2.64 bits per heavy atom. The summed E-state index contributed by atoms with van der Waals surface area (Å²) >= 11 is -2.45. The molecule has 4 N–H and O–H groups in total. The van der Waals surface area contributed by atoms with Gasteiger partial charge >= 0.3 is 0 Å². The molecule has 0 aromatic carbocycles. The average Bonchev–Trinajstić information content (AvgIpc) is 1.98. The number of nitrogens with two attached hydrogens (primary N) is 2. The van der Waals surface area contributed by atoms with Gasteiger partial charge in [0.15, 0.2) is 0 Å². The van der Waals surface area contributed by atoms with Crippen molar-refractivity contribution in [2.45, 2.75) is 13.0 Å². The van der Waals surface area contributed by atoms with Crippen LogP contribution in [-0.2, 0) is 15.5 Å². The van der Waals surface area contributed by atoms with E-state index in [2.05, 4.69) is 4.18 Å². The number of rotatable bonds is 5. The molecule has 0 amide bonds. The molecule has 68 valence electrons. The Balaban J connectivity index is 3.51. The van der Waals surface area contributed by atoms with Gasteiger partial charge in [0.05, 0.1) is 18.0 Å². The van der Waals surface area contributed by atoms with E-state index in [1.165, 1.54) is 0 Å². The fourth-order valence-corrected chi connectivity index (χ4v) is 0.845. The molecular formula is C5H13N2O3S-. The zero-order valence-electron chi connectivity index (χ0n) is 6.36. The molecular weight excluding hydrogens is 168 g/mol. The van der Waals surface area contributed by atoms with Crippen molar-refractivity contribution < 1.29 is 12.9 Å². The topological polar surface area (TPSA) is 101 Å². The molecule has 11 heavy (non-hydrogen) atoms. The lowest BCUT2D eigenvalue weighted by molar-refractivity contribution is 0.235. The Bertz CT molecular complexity index is 133. The van der Waals surface area contributed by atoms with Crippen LogP contribution in [0.1, 0.15) is 6.92 Å². The van der Waals surface area contributed by atoms with Crippen molar-refractivity contribution in [3.05, 3.63) is 0 Å². The van der Waals surface area contributed by atoms with E-state index in [4.69, 9.17) is 11.5 Å². The molecule has 0 fully saturated rings. The van der Waals surface area contributed by atoms with Crippen LogP contribution in [0.25, 0.3) is 0 Å². The largest absolute Gasteiger partial charge is 0.750 e. The molecule has 0 aromatic heterocycles. The first-order valence-electron chi connectivity index (χ1n) is 3.26. The Hall–Kier alpha value is -0.0100. The maximum atomic E-state index is 9.92. The van der Waals surface area contributed by atoms with E-state index in [-0.39, 0.29) is 18.6 Å². The quantitative estimate of drug-likeness (QED) is 0.514. The Morgan fingerprint density at radius 1 is 1.73 bits per heavy atom. The van der Waals surface area contributed by atoms with Crippen molar-refractivity contribution in [2.24, 2.45) is 17.4 Å². The minimum atomic E-state index is -2.45. The Labute approximate surface area is 68.6 Å². The van der Waals surface area contributed by atoms with E-state index in [1.54, 1.807) is 6.92 Å². The summed E-state index contributed by atoms with van der Waals surface area (Å²) in [7, 11) is 0. The van der Waals surface area contributed by atoms with Crippen LogP contribution in [0.2, 0.25) is 0 Å². The molecule has 0 radical (unpaired) electrons. The molecule has 3 unspecified atom stereocenters. The van der Waals surface area contributed by atoms with Gasteiger partial charge in [0, 0.05) is 12.6 Å². The third kappa shape index (κ3) is 5.28. The predicted octanol–water partition coefficient (Wildman–Crippen LogP) is -1.28. The smallest absolute Gasteiger partial charge is 0.0842 e. The highest BCUT2D eigenvalue weighted by Gasteiger charge is 2.10. The van der Waals surface area contributed by atoms with Gasteiger partial charge in [-0.1, -0.05) is 6.92 Å². The van der Waals surface area contributed by atoms with Gasteiger partial charge < -0.3 is 20.2 Å². The Morgan fingerprint density at radius 2 is 2.27 bits per heavy atom. The van der Waals surface area contributed by atoms with Crippen LogP contribution in [0, 0.1) is 5.92 Å². The summed E-state index contributed by atoms with van der Waals surface area (Å²) in [5.74, 6) is -0.0436. The summed E-state index contributed by atoms with van der Waals surface area (Å²) in [5.41, 5.74) is 10.7. The molecule has 0 aliphatic carbocycles. The van der Waals surface area contributed by atoms with Gasteiger partial charge in [-0.3, -0.25) is 0 Å². The van der Waals surface area contributed by atoms with Gasteiger partial charge in [0.2, 0.25) is 0 Å². The van der Waals surface area contributed by atoms with Gasteiger partial charge in [-0.15, -0.1) is 0 Å². The van der Waals surface area contributed by atoms with E-state index >= 15 is 0 Å². The van der Waals surface area contributed by atoms with Crippen LogP contribution in [0.5, 0.6) is 0 Å². The molecule has 0 aromatic rings. The summed E-state index contributed by atoms with van der Waals surface area (Å²) in [6.07, 6.45) is 0. The van der Waals surface area contributed by atoms with E-state index in [0.29, 0.717) is 6.54 Å². The Kier molecular flexibility index (Phi) is 5.61. The molecule has 0 heterocycles. The monoisotopic (exact) mass is 181 g/mol. The molecule has 3 atom stereocenters. The highest BCUT2D eigenvalue weighted by molar-refractivity contribution is 7.74. The molecule has 6 heteroatoms. The first-order chi connectivity index (χ1) is 5.07. The molecule has 0 spiro atoms. The summed E-state index contributed by atoms with van der Waals surface area (Å²) in [6, 6.07) is -0.210. The van der Waals surface area contributed by atoms with Crippen LogP contribution in [0.3, 0.4) is 0 Å². The maximum absolute atomic E-state index is 9.92. The first-order valence-corrected chi connectivity index (χ1v) is 4.26. The van der Waals surface area contributed by atoms with Gasteiger partial charge in [0.1, 0.15) is 0 Å². The number of hydrogen-bond donors (Lipinski definition) is 2. The van der Waals surface area contributed by atoms with Crippen molar-refractivity contribution in [1.29, 1.82) is 0 Å². The molecule has 0 rings (SSSR count). The maximum Gasteiger partial charge on any atom is 0.0842 e. The van der Waals surface area contributed by atoms with E-state index in [9.17, 15) is 8.76 Å². The highest BCUT2D eigenvalue weighted by atomic mass is 32.2. The van der Waals surface area contributed by atoms with Gasteiger partial charge in [-0.05, 0) is 5.92 Å². The third-order valence-corrected chi connectivity index (χ3v) is 1.76. The van der Waals surface area contributed by atoms with Gasteiger partial charge in [0.25, 0.3) is 0 Å². The molecule has 5 nitrogen and oxygen atoms in total. The SMILES string of the molecule is CC(COS(=O)[O-])C(N)CN. The van der Waals surface area contributed by atoms with Crippen LogP contribution < -0.4 is 11.5 Å². The minimum Gasteiger partial charge on any atom is -0.750 e. The molecule has 0 saturated heterocycles. The zero-order valence-corrected chi connectivity index (χ0v) is 7.17. The van der Waals surface area contributed by atoms with Gasteiger partial charge in [-0.2, -0.15) is 0 Å². The standard InChI is InChI=1S/C5H14N2O3S/c1-4(5(7)2-6)3-10-11(8)9/h4-5H,2-3,6-7H2,1H3,(H,8,9)/p-1. The third-order valence-electron chi connectivity index (χ3n) is 1.43. The normalized spacial score (nSPS) is 19.3. The lowest BCUT2D eigenvalue weighted by Crippen LogP contribution is -2.38. The highest BCUT2D eigenvalue weighted by Crippen LogP contribution is 2.00. The summed E-state index contributed by atoms with van der Waals surface area (Å²) in [5, 5.41) is 0. The molecule has 0 aliphatic heterocycles. The molecule has 0 saturated carbocycles. The van der Waals surface area contributed by atoms with Crippen LogP contribution in [0.15, 0.2) is 0 Å². The average molecular weight is 181 g/mol. The summed E-state index contributed by atoms with van der Waals surface area (Å²) in [4.78, 5) is 0. The number of hydrogen-bond acceptors (Lipinski definition) is 5. The molecule has 0 aliphatic rings. The zero-order chi connectivity index (χ0) is 8.85. The first kappa shape index (κ1) is 11.0. The van der Waals surface area contributed by atoms with Gasteiger partial charge in [-0.25, -0.2) is 4.21 Å². The summed E-state index contributed by atoms with van der Waals surface area (Å²) < 4.78 is 24.1. The van der Waals surface area contributed by atoms with Crippen LogP contribution >= 0.6 is 0 Å². The summed E-state index contributed by atoms with van der Waals surface area (Å²) in [6.45, 7) is 2.20. The lowest BCUT2D eigenvalue weighted by Gasteiger charge is -2.17. The van der Waals surface area contributed by atoms with Crippen LogP contribution in [0.4, 0.5) is 0 Å². The van der Waals surface area contributed by atoms with Crippen molar-refractivity contribution in [1.82, 2.24) is 0 Å². The van der Waals surface area contributed by atoms with Crippen molar-refractivity contribution >= 4 is 11.4 Å². The fourth-order valence-electron chi connectivity index (χ4n) is 0.519. The fraction of sp³-hybridized carbons (Fsp3) is 1.00.